The van der Waals surface area contributed by atoms with Crippen LogP contribution in [0.2, 0.25) is 0 Å². The van der Waals surface area contributed by atoms with Gasteiger partial charge in [0.25, 0.3) is 0 Å². The molecule has 0 aliphatic carbocycles. The van der Waals surface area contributed by atoms with E-state index < -0.39 is 24.9 Å². The largest absolute Gasteiger partial charge is 0.389 e. The second-order valence-corrected chi connectivity index (χ2v) is 6.43. The molecule has 9 heteroatoms. The van der Waals surface area contributed by atoms with Crippen LogP contribution in [0.25, 0.3) is 10.7 Å². The van der Waals surface area contributed by atoms with Crippen molar-refractivity contribution in [2.45, 2.75) is 25.4 Å². The normalized spacial score (nSPS) is 11.5. The Bertz CT molecular complexity index is 876. The Labute approximate surface area is 150 Å². The van der Waals surface area contributed by atoms with Crippen LogP contribution in [0.15, 0.2) is 46.3 Å². The van der Waals surface area contributed by atoms with Crippen molar-refractivity contribution in [3.63, 3.8) is 0 Å². The molecule has 0 saturated carbocycles. The number of hydrogen-bond donors (Lipinski definition) is 1. The van der Waals surface area contributed by atoms with E-state index in [0.29, 0.717) is 23.0 Å². The SMILES string of the molecule is O=C(CCC(F)(F)F)Nc1ccccc1Cc1nc(-c2cccs2)no1. The summed E-state index contributed by atoms with van der Waals surface area (Å²) in [4.78, 5) is 16.9. The van der Waals surface area contributed by atoms with Crippen LogP contribution in [0.3, 0.4) is 0 Å². The van der Waals surface area contributed by atoms with Gasteiger partial charge in [0, 0.05) is 12.1 Å². The molecule has 1 aromatic carbocycles. The molecule has 1 amide bonds. The van der Waals surface area contributed by atoms with E-state index in [1.165, 1.54) is 11.3 Å². The third-order valence-corrected chi connectivity index (χ3v) is 4.34. The summed E-state index contributed by atoms with van der Waals surface area (Å²) >= 11 is 1.48. The van der Waals surface area contributed by atoms with Gasteiger partial charge in [-0.25, -0.2) is 0 Å². The second kappa shape index (κ2) is 7.69. The van der Waals surface area contributed by atoms with Gasteiger partial charge in [0.2, 0.25) is 17.6 Å². The lowest BCUT2D eigenvalue weighted by Gasteiger charge is -2.10. The predicted molar refractivity (Wildman–Crippen MR) is 90.8 cm³/mol. The Morgan fingerprint density at radius 3 is 2.73 bits per heavy atom. The van der Waals surface area contributed by atoms with Crippen LogP contribution in [0.5, 0.6) is 0 Å². The second-order valence-electron chi connectivity index (χ2n) is 5.49. The van der Waals surface area contributed by atoms with Gasteiger partial charge in [-0.15, -0.1) is 11.3 Å². The summed E-state index contributed by atoms with van der Waals surface area (Å²) in [7, 11) is 0. The topological polar surface area (TPSA) is 68.0 Å². The van der Waals surface area contributed by atoms with Crippen LogP contribution in [-0.2, 0) is 11.2 Å². The molecule has 3 aromatic rings. The summed E-state index contributed by atoms with van der Waals surface area (Å²) in [6.07, 6.45) is -5.89. The molecule has 1 N–H and O–H groups in total. The Morgan fingerprint density at radius 2 is 2.00 bits per heavy atom. The van der Waals surface area contributed by atoms with Crippen molar-refractivity contribution in [1.82, 2.24) is 10.1 Å². The molecule has 3 rings (SSSR count). The number of hydrogen-bond acceptors (Lipinski definition) is 5. The van der Waals surface area contributed by atoms with Gasteiger partial charge in [0.15, 0.2) is 0 Å². The average Bonchev–Trinajstić information content (AvgIpc) is 3.25. The summed E-state index contributed by atoms with van der Waals surface area (Å²) in [5.74, 6) is 0.131. The number of benzene rings is 1. The molecule has 136 valence electrons. The first kappa shape index (κ1) is 18.1. The van der Waals surface area contributed by atoms with Crippen molar-refractivity contribution in [2.24, 2.45) is 0 Å². The molecular weight excluding hydrogens is 367 g/mol. The number of rotatable bonds is 6. The van der Waals surface area contributed by atoms with Crippen LogP contribution >= 0.6 is 11.3 Å². The van der Waals surface area contributed by atoms with Crippen molar-refractivity contribution in [3.8, 4) is 10.7 Å². The van der Waals surface area contributed by atoms with Crippen LogP contribution < -0.4 is 5.32 Å². The van der Waals surface area contributed by atoms with Gasteiger partial charge < -0.3 is 9.84 Å². The van der Waals surface area contributed by atoms with Crippen LogP contribution in [0.4, 0.5) is 18.9 Å². The van der Waals surface area contributed by atoms with Gasteiger partial charge in [0.1, 0.15) is 0 Å². The average molecular weight is 381 g/mol. The van der Waals surface area contributed by atoms with Crippen molar-refractivity contribution in [2.75, 3.05) is 5.32 Å². The number of alkyl halides is 3. The maximum atomic E-state index is 12.2. The molecule has 0 aliphatic heterocycles. The van der Waals surface area contributed by atoms with E-state index >= 15 is 0 Å². The zero-order valence-corrected chi connectivity index (χ0v) is 14.2. The van der Waals surface area contributed by atoms with Crippen molar-refractivity contribution < 1.29 is 22.5 Å². The van der Waals surface area contributed by atoms with Crippen molar-refractivity contribution in [3.05, 3.63) is 53.2 Å². The fraction of sp³-hybridized carbons (Fsp3) is 0.235. The maximum absolute atomic E-state index is 12.2. The smallest absolute Gasteiger partial charge is 0.339 e. The third-order valence-electron chi connectivity index (χ3n) is 3.48. The Balaban J connectivity index is 1.68. The fourth-order valence-electron chi connectivity index (χ4n) is 2.26. The predicted octanol–water partition coefficient (Wildman–Crippen LogP) is 4.67. The number of carbonyl (C=O) groups excluding carboxylic acids is 1. The number of aromatic nitrogens is 2. The summed E-state index contributed by atoms with van der Waals surface area (Å²) in [5.41, 5.74) is 1.10. The summed E-state index contributed by atoms with van der Waals surface area (Å²) in [6.45, 7) is 0. The first-order chi connectivity index (χ1) is 12.4. The van der Waals surface area contributed by atoms with E-state index in [4.69, 9.17) is 4.52 Å². The molecule has 0 radical (unpaired) electrons. The minimum atomic E-state index is -4.36. The standard InChI is InChI=1S/C17H14F3N3O2S/c18-17(19,20)8-7-14(24)21-12-5-2-1-4-11(12)10-15-22-16(23-25-15)13-6-3-9-26-13/h1-6,9H,7-8,10H2,(H,21,24). The number of carbonyl (C=O) groups is 1. The highest BCUT2D eigenvalue weighted by Gasteiger charge is 2.28. The minimum Gasteiger partial charge on any atom is -0.339 e. The lowest BCUT2D eigenvalue weighted by Crippen LogP contribution is -2.17. The van der Waals surface area contributed by atoms with E-state index in [0.717, 1.165) is 4.88 Å². The van der Waals surface area contributed by atoms with Crippen LogP contribution in [-0.4, -0.2) is 22.2 Å². The van der Waals surface area contributed by atoms with Crippen LogP contribution in [0.1, 0.15) is 24.3 Å². The number of halogens is 3. The first-order valence-corrected chi connectivity index (χ1v) is 8.59. The zero-order chi connectivity index (χ0) is 18.6. The minimum absolute atomic E-state index is 0.258. The number of nitrogens with zero attached hydrogens (tertiary/aromatic N) is 2. The highest BCUT2D eigenvalue weighted by atomic mass is 32.1. The van der Waals surface area contributed by atoms with E-state index in [-0.39, 0.29) is 6.42 Å². The van der Waals surface area contributed by atoms with Crippen molar-refractivity contribution in [1.29, 1.82) is 0 Å². The Hall–Kier alpha value is -2.68. The van der Waals surface area contributed by atoms with Gasteiger partial charge in [0.05, 0.1) is 17.7 Å². The van der Waals surface area contributed by atoms with Gasteiger partial charge >= 0.3 is 6.18 Å². The molecule has 0 atom stereocenters. The highest BCUT2D eigenvalue weighted by molar-refractivity contribution is 7.13. The highest BCUT2D eigenvalue weighted by Crippen LogP contribution is 2.25. The first-order valence-electron chi connectivity index (χ1n) is 7.72. The zero-order valence-electron chi connectivity index (χ0n) is 13.4. The molecule has 0 fully saturated rings. The maximum Gasteiger partial charge on any atom is 0.389 e. The summed E-state index contributed by atoms with van der Waals surface area (Å²) in [5, 5.41) is 8.32. The lowest BCUT2D eigenvalue weighted by atomic mass is 10.1. The lowest BCUT2D eigenvalue weighted by molar-refractivity contribution is -0.142. The van der Waals surface area contributed by atoms with Gasteiger partial charge in [-0.3, -0.25) is 4.79 Å². The van der Waals surface area contributed by atoms with Gasteiger partial charge in [-0.2, -0.15) is 18.2 Å². The van der Waals surface area contributed by atoms with Gasteiger partial charge in [-0.05, 0) is 23.1 Å². The molecule has 0 unspecified atom stereocenters. The molecule has 0 aliphatic rings. The Kier molecular flexibility index (Phi) is 5.36. The third kappa shape index (κ3) is 4.92. The molecule has 0 spiro atoms. The number of thiophene rings is 1. The van der Waals surface area contributed by atoms with Crippen LogP contribution in [0, 0.1) is 0 Å². The molecule has 0 saturated heterocycles. The number of nitrogens with one attached hydrogen (secondary N) is 1. The summed E-state index contributed by atoms with van der Waals surface area (Å²) in [6, 6.07) is 10.6. The molecule has 0 bridgehead atoms. The fourth-order valence-corrected chi connectivity index (χ4v) is 2.91. The Morgan fingerprint density at radius 1 is 1.19 bits per heavy atom. The summed E-state index contributed by atoms with van der Waals surface area (Å²) < 4.78 is 41.9. The quantitative estimate of drug-likeness (QED) is 0.674. The number of anilines is 1. The monoisotopic (exact) mass is 381 g/mol. The molecule has 5 nitrogen and oxygen atoms in total. The van der Waals surface area contributed by atoms with E-state index in [9.17, 15) is 18.0 Å². The van der Waals surface area contributed by atoms with Gasteiger partial charge in [-0.1, -0.05) is 29.4 Å². The van der Waals surface area contributed by atoms with E-state index in [2.05, 4.69) is 15.5 Å². The molecular formula is C17H14F3N3O2S. The van der Waals surface area contributed by atoms with Crippen molar-refractivity contribution >= 4 is 22.9 Å². The van der Waals surface area contributed by atoms with E-state index in [1.54, 1.807) is 24.3 Å². The molecule has 26 heavy (non-hydrogen) atoms. The van der Waals surface area contributed by atoms with E-state index in [1.807, 2.05) is 17.5 Å². The molecule has 2 aromatic heterocycles. The number of para-hydroxylation sites is 1. The number of amides is 1. The molecule has 2 heterocycles.